The van der Waals surface area contributed by atoms with E-state index in [9.17, 15) is 18.4 Å². The number of anilines is 1. The number of halogens is 2. The smallest absolute Gasteiger partial charge is 0.341 e. The number of aromatic nitrogens is 1. The van der Waals surface area contributed by atoms with Gasteiger partial charge in [0.25, 0.3) is 0 Å². The second kappa shape index (κ2) is 6.75. The molecule has 3 rings (SSSR count). The number of H-pyrrole nitrogens is 1. The second-order valence-electron chi connectivity index (χ2n) is 7.81. The van der Waals surface area contributed by atoms with Gasteiger partial charge < -0.3 is 15.0 Å². The third-order valence-electron chi connectivity index (χ3n) is 4.43. The Bertz CT molecular complexity index is 992. The number of hydrogen-bond acceptors (Lipinski definition) is 4. The summed E-state index contributed by atoms with van der Waals surface area (Å²) in [5.41, 5.74) is -1.99. The number of carboxylic acids is 1. The van der Waals surface area contributed by atoms with E-state index < -0.39 is 28.6 Å². The van der Waals surface area contributed by atoms with Crippen molar-refractivity contribution >= 4 is 28.8 Å². The highest BCUT2D eigenvalue weighted by molar-refractivity contribution is 5.93. The van der Waals surface area contributed by atoms with E-state index in [1.807, 2.05) is 27.0 Å². The van der Waals surface area contributed by atoms with Crippen LogP contribution < -0.4 is 10.3 Å². The average Bonchev–Trinajstić information content (AvgIpc) is 3.02. The van der Waals surface area contributed by atoms with Crippen molar-refractivity contribution in [3.63, 3.8) is 0 Å². The highest BCUT2D eigenvalue weighted by atomic mass is 19.1. The average molecular weight is 377 g/mol. The first-order chi connectivity index (χ1) is 12.6. The summed E-state index contributed by atoms with van der Waals surface area (Å²) in [6.45, 7) is 6.86. The number of aromatic carboxylic acids is 1. The Morgan fingerprint density at radius 1 is 1.41 bits per heavy atom. The standard InChI is InChI=1S/C19H21F2N3O3/c1-19(2,3)9-23-10-4-5-24(8-10)16-13(20)6-11-15(14(16)21)22-7-12(17(11)25)18(26)27/h6-7,9-10H,4-5,8H2,1-3H3,(H,22,25)(H,26,27)/b23-9+. The maximum Gasteiger partial charge on any atom is 0.341 e. The van der Waals surface area contributed by atoms with E-state index in [1.165, 1.54) is 0 Å². The summed E-state index contributed by atoms with van der Waals surface area (Å²) in [5.74, 6) is -3.25. The SMILES string of the molecule is CC(C)(C)/C=N/C1CCN(c2c(F)cc3c(=O)c(C(=O)O)c[nH]c3c2F)C1. The van der Waals surface area contributed by atoms with Crippen LogP contribution in [0.1, 0.15) is 37.6 Å². The minimum absolute atomic E-state index is 0.0628. The van der Waals surface area contributed by atoms with Gasteiger partial charge in [-0.1, -0.05) is 20.8 Å². The van der Waals surface area contributed by atoms with Crippen LogP contribution in [0.15, 0.2) is 22.1 Å². The molecule has 2 heterocycles. The molecule has 1 fully saturated rings. The van der Waals surface area contributed by atoms with Crippen LogP contribution in [0.25, 0.3) is 10.9 Å². The van der Waals surface area contributed by atoms with Gasteiger partial charge in [0.15, 0.2) is 5.82 Å². The van der Waals surface area contributed by atoms with Gasteiger partial charge in [-0.25, -0.2) is 13.6 Å². The van der Waals surface area contributed by atoms with Crippen LogP contribution in [0.2, 0.25) is 0 Å². The van der Waals surface area contributed by atoms with Crippen molar-refractivity contribution in [1.29, 1.82) is 0 Å². The number of aliphatic imine (C=N–C) groups is 1. The maximum atomic E-state index is 15.0. The molecule has 1 unspecified atom stereocenters. The number of nitrogens with zero attached hydrogens (tertiary/aromatic N) is 2. The normalized spacial score (nSPS) is 18.0. The zero-order valence-electron chi connectivity index (χ0n) is 15.3. The maximum absolute atomic E-state index is 15.0. The van der Waals surface area contributed by atoms with Crippen LogP contribution in [0.4, 0.5) is 14.5 Å². The number of carboxylic acid groups (broad SMARTS) is 1. The molecule has 0 spiro atoms. The van der Waals surface area contributed by atoms with Crippen LogP contribution >= 0.6 is 0 Å². The van der Waals surface area contributed by atoms with Crippen molar-refractivity contribution in [2.45, 2.75) is 33.2 Å². The Labute approximate surface area is 154 Å². The van der Waals surface area contributed by atoms with Gasteiger partial charge in [-0.05, 0) is 17.9 Å². The number of benzene rings is 1. The Morgan fingerprint density at radius 3 is 2.74 bits per heavy atom. The largest absolute Gasteiger partial charge is 0.477 e. The predicted molar refractivity (Wildman–Crippen MR) is 100 cm³/mol. The first-order valence-corrected chi connectivity index (χ1v) is 8.64. The monoisotopic (exact) mass is 377 g/mol. The van der Waals surface area contributed by atoms with Crippen molar-refractivity contribution in [2.24, 2.45) is 10.4 Å². The van der Waals surface area contributed by atoms with E-state index in [-0.39, 0.29) is 28.0 Å². The Kier molecular flexibility index (Phi) is 4.75. The van der Waals surface area contributed by atoms with Gasteiger partial charge in [-0.2, -0.15) is 0 Å². The minimum Gasteiger partial charge on any atom is -0.477 e. The third kappa shape index (κ3) is 3.70. The van der Waals surface area contributed by atoms with Gasteiger partial charge in [0.05, 0.1) is 16.9 Å². The number of fused-ring (bicyclic) bond motifs is 1. The molecule has 2 N–H and O–H groups in total. The molecule has 0 bridgehead atoms. The Morgan fingerprint density at radius 2 is 2.11 bits per heavy atom. The molecule has 1 aromatic heterocycles. The van der Waals surface area contributed by atoms with Crippen LogP contribution in [0, 0.1) is 17.0 Å². The molecule has 1 aromatic carbocycles. The van der Waals surface area contributed by atoms with Crippen molar-refractivity contribution in [3.8, 4) is 0 Å². The molecule has 2 aromatic rings. The van der Waals surface area contributed by atoms with Gasteiger partial charge in [-0.3, -0.25) is 9.79 Å². The number of rotatable bonds is 3. The molecule has 1 saturated heterocycles. The zero-order chi connectivity index (χ0) is 19.9. The summed E-state index contributed by atoms with van der Waals surface area (Å²) in [6, 6.07) is 0.831. The lowest BCUT2D eigenvalue weighted by molar-refractivity contribution is 0.0695. The zero-order valence-corrected chi connectivity index (χ0v) is 15.3. The summed E-state index contributed by atoms with van der Waals surface area (Å²) >= 11 is 0. The highest BCUT2D eigenvalue weighted by Gasteiger charge is 2.29. The van der Waals surface area contributed by atoms with Gasteiger partial charge in [0.2, 0.25) is 5.43 Å². The van der Waals surface area contributed by atoms with E-state index in [4.69, 9.17) is 5.11 Å². The van der Waals surface area contributed by atoms with Gasteiger partial charge >= 0.3 is 5.97 Å². The van der Waals surface area contributed by atoms with Crippen molar-refractivity contribution in [2.75, 3.05) is 18.0 Å². The van der Waals surface area contributed by atoms with E-state index in [1.54, 1.807) is 4.90 Å². The van der Waals surface area contributed by atoms with Crippen LogP contribution in [-0.4, -0.2) is 41.4 Å². The molecule has 144 valence electrons. The molecule has 0 saturated carbocycles. The molecule has 0 aliphatic carbocycles. The molecular weight excluding hydrogens is 356 g/mol. The van der Waals surface area contributed by atoms with E-state index in [0.29, 0.717) is 19.5 Å². The Hall–Kier alpha value is -2.77. The highest BCUT2D eigenvalue weighted by Crippen LogP contribution is 2.31. The van der Waals surface area contributed by atoms with Crippen molar-refractivity contribution < 1.29 is 18.7 Å². The lowest BCUT2D eigenvalue weighted by Gasteiger charge is -2.20. The van der Waals surface area contributed by atoms with Crippen LogP contribution in [0.3, 0.4) is 0 Å². The summed E-state index contributed by atoms with van der Waals surface area (Å²) in [5, 5.41) is 8.67. The molecule has 1 aliphatic heterocycles. The molecule has 1 atom stereocenters. The van der Waals surface area contributed by atoms with E-state index in [2.05, 4.69) is 9.98 Å². The fraction of sp³-hybridized carbons (Fsp3) is 0.421. The van der Waals surface area contributed by atoms with Gasteiger partial charge in [0.1, 0.15) is 17.1 Å². The molecule has 8 heteroatoms. The molecule has 0 radical (unpaired) electrons. The summed E-state index contributed by atoms with van der Waals surface area (Å²) < 4.78 is 29.6. The molecule has 6 nitrogen and oxygen atoms in total. The summed E-state index contributed by atoms with van der Waals surface area (Å²) in [4.78, 5) is 31.8. The molecular formula is C19H21F2N3O3. The Balaban J connectivity index is 1.99. The number of hydrogen-bond donors (Lipinski definition) is 2. The van der Waals surface area contributed by atoms with E-state index >= 15 is 0 Å². The van der Waals surface area contributed by atoms with Gasteiger partial charge in [-0.15, -0.1) is 0 Å². The first kappa shape index (κ1) is 19.0. The van der Waals surface area contributed by atoms with E-state index in [0.717, 1.165) is 12.3 Å². The number of aromatic amines is 1. The molecule has 0 amide bonds. The molecule has 1 aliphatic rings. The summed E-state index contributed by atoms with van der Waals surface area (Å²) in [7, 11) is 0. The minimum atomic E-state index is -1.46. The lowest BCUT2D eigenvalue weighted by atomic mass is 9.99. The van der Waals surface area contributed by atoms with Gasteiger partial charge in [0, 0.05) is 25.5 Å². The number of carbonyl (C=O) groups is 1. The first-order valence-electron chi connectivity index (χ1n) is 8.64. The fourth-order valence-corrected chi connectivity index (χ4v) is 3.13. The van der Waals surface area contributed by atoms with Crippen LogP contribution in [0.5, 0.6) is 0 Å². The lowest BCUT2D eigenvalue weighted by Crippen LogP contribution is -2.24. The van der Waals surface area contributed by atoms with Crippen molar-refractivity contribution in [1.82, 2.24) is 4.98 Å². The predicted octanol–water partition coefficient (Wildman–Crippen LogP) is 3.20. The topological polar surface area (TPSA) is 85.8 Å². The van der Waals surface area contributed by atoms with Crippen LogP contribution in [-0.2, 0) is 0 Å². The fourth-order valence-electron chi connectivity index (χ4n) is 3.13. The summed E-state index contributed by atoms with van der Waals surface area (Å²) in [6.07, 6.45) is 3.44. The third-order valence-corrected chi connectivity index (χ3v) is 4.43. The quantitative estimate of drug-likeness (QED) is 0.805. The second-order valence-corrected chi connectivity index (χ2v) is 7.81. The number of pyridine rings is 1. The molecule has 27 heavy (non-hydrogen) atoms. The number of nitrogens with one attached hydrogen (secondary N) is 1. The van der Waals surface area contributed by atoms with Crippen molar-refractivity contribution in [3.05, 3.63) is 39.7 Å².